The number of hydrogen-bond donors (Lipinski definition) is 1. The summed E-state index contributed by atoms with van der Waals surface area (Å²) in [5, 5.41) is 2.35. The fourth-order valence-electron chi connectivity index (χ4n) is 1.76. The van der Waals surface area contributed by atoms with Crippen molar-refractivity contribution in [3.63, 3.8) is 0 Å². The number of carbonyl (C=O) groups excluding carboxylic acids is 1. The largest absolute Gasteiger partial charge is 0.319 e. The SMILES string of the molecule is CC(C)(N)C(=O)Cc1ccc2ccccc2c1. The normalized spacial score (nSPS) is 11.7. The zero-order valence-electron chi connectivity index (χ0n) is 10.2. The fraction of sp³-hybridized carbons (Fsp3) is 0.267. The van der Waals surface area contributed by atoms with Gasteiger partial charge < -0.3 is 5.73 Å². The Morgan fingerprint density at radius 2 is 1.76 bits per heavy atom. The van der Waals surface area contributed by atoms with Gasteiger partial charge in [0.05, 0.1) is 5.54 Å². The third kappa shape index (κ3) is 2.71. The third-order valence-electron chi connectivity index (χ3n) is 2.90. The van der Waals surface area contributed by atoms with Gasteiger partial charge >= 0.3 is 0 Å². The molecule has 2 nitrogen and oxygen atoms in total. The van der Waals surface area contributed by atoms with E-state index in [2.05, 4.69) is 18.2 Å². The number of benzene rings is 2. The highest BCUT2D eigenvalue weighted by molar-refractivity contribution is 5.90. The summed E-state index contributed by atoms with van der Waals surface area (Å²) in [4.78, 5) is 11.8. The molecule has 2 aromatic rings. The monoisotopic (exact) mass is 227 g/mol. The van der Waals surface area contributed by atoms with E-state index in [1.807, 2.05) is 24.3 Å². The van der Waals surface area contributed by atoms with Crippen molar-refractivity contribution in [1.82, 2.24) is 0 Å². The molecule has 0 spiro atoms. The molecule has 0 aromatic heterocycles. The van der Waals surface area contributed by atoms with Crippen molar-refractivity contribution in [3.8, 4) is 0 Å². The molecule has 0 bridgehead atoms. The molecule has 0 saturated heterocycles. The highest BCUT2D eigenvalue weighted by atomic mass is 16.1. The van der Waals surface area contributed by atoms with Crippen LogP contribution in [0.4, 0.5) is 0 Å². The van der Waals surface area contributed by atoms with Crippen molar-refractivity contribution in [2.24, 2.45) is 5.73 Å². The van der Waals surface area contributed by atoms with Gasteiger partial charge in [0.1, 0.15) is 0 Å². The average Bonchev–Trinajstić information content (AvgIpc) is 2.27. The van der Waals surface area contributed by atoms with E-state index in [1.165, 1.54) is 5.39 Å². The zero-order valence-corrected chi connectivity index (χ0v) is 10.2. The third-order valence-corrected chi connectivity index (χ3v) is 2.90. The maximum Gasteiger partial charge on any atom is 0.156 e. The second-order valence-corrected chi connectivity index (χ2v) is 5.00. The molecule has 0 fully saturated rings. The summed E-state index contributed by atoms with van der Waals surface area (Å²) in [5.74, 6) is 0.0628. The Balaban J connectivity index is 2.29. The molecule has 2 heteroatoms. The molecular formula is C15H17NO. The van der Waals surface area contributed by atoms with Gasteiger partial charge in [-0.1, -0.05) is 42.5 Å². The van der Waals surface area contributed by atoms with Gasteiger partial charge in [-0.2, -0.15) is 0 Å². The molecule has 0 unspecified atom stereocenters. The van der Waals surface area contributed by atoms with Crippen molar-refractivity contribution >= 4 is 16.6 Å². The standard InChI is InChI=1S/C15H17NO/c1-15(2,16)14(17)10-11-7-8-12-5-3-4-6-13(12)9-11/h3-9H,10,16H2,1-2H3. The first kappa shape index (κ1) is 11.8. The maximum atomic E-state index is 11.8. The number of Topliss-reactive ketones (excluding diaryl/α,β-unsaturated/α-hetero) is 1. The van der Waals surface area contributed by atoms with Gasteiger partial charge in [-0.25, -0.2) is 0 Å². The van der Waals surface area contributed by atoms with Crippen LogP contribution in [-0.4, -0.2) is 11.3 Å². The van der Waals surface area contributed by atoms with Crippen LogP contribution in [0.2, 0.25) is 0 Å². The Kier molecular flexibility index (Phi) is 2.99. The predicted octanol–water partition coefficient (Wildman–Crippen LogP) is 2.69. The summed E-state index contributed by atoms with van der Waals surface area (Å²) < 4.78 is 0. The minimum absolute atomic E-state index is 0.0628. The van der Waals surface area contributed by atoms with Crippen molar-refractivity contribution in [3.05, 3.63) is 48.0 Å². The average molecular weight is 227 g/mol. The minimum Gasteiger partial charge on any atom is -0.319 e. The van der Waals surface area contributed by atoms with Gasteiger partial charge in [0.2, 0.25) is 0 Å². The Morgan fingerprint density at radius 1 is 1.12 bits per heavy atom. The molecule has 0 aliphatic heterocycles. The lowest BCUT2D eigenvalue weighted by molar-refractivity contribution is -0.122. The van der Waals surface area contributed by atoms with Gasteiger partial charge in [-0.3, -0.25) is 4.79 Å². The molecule has 2 N–H and O–H groups in total. The van der Waals surface area contributed by atoms with E-state index < -0.39 is 5.54 Å². The van der Waals surface area contributed by atoms with Crippen molar-refractivity contribution in [2.75, 3.05) is 0 Å². The molecule has 0 saturated carbocycles. The summed E-state index contributed by atoms with van der Waals surface area (Å²) in [6, 6.07) is 14.2. The van der Waals surface area contributed by atoms with Gasteiger partial charge in [-0.05, 0) is 30.2 Å². The number of carbonyl (C=O) groups is 1. The van der Waals surface area contributed by atoms with E-state index in [1.54, 1.807) is 13.8 Å². The van der Waals surface area contributed by atoms with Crippen molar-refractivity contribution < 1.29 is 4.79 Å². The first-order valence-corrected chi connectivity index (χ1v) is 5.77. The van der Waals surface area contributed by atoms with Crippen LogP contribution in [-0.2, 0) is 11.2 Å². The number of rotatable bonds is 3. The lowest BCUT2D eigenvalue weighted by Crippen LogP contribution is -2.42. The lowest BCUT2D eigenvalue weighted by Gasteiger charge is -2.16. The first-order chi connectivity index (χ1) is 7.97. The molecule has 17 heavy (non-hydrogen) atoms. The molecular weight excluding hydrogens is 210 g/mol. The molecule has 88 valence electrons. The van der Waals surface area contributed by atoms with Gasteiger partial charge in [0.25, 0.3) is 0 Å². The van der Waals surface area contributed by atoms with E-state index in [0.717, 1.165) is 10.9 Å². The van der Waals surface area contributed by atoms with Crippen molar-refractivity contribution in [2.45, 2.75) is 25.8 Å². The van der Waals surface area contributed by atoms with E-state index in [0.29, 0.717) is 6.42 Å². The highest BCUT2D eigenvalue weighted by Gasteiger charge is 2.21. The second-order valence-electron chi connectivity index (χ2n) is 5.00. The fourth-order valence-corrected chi connectivity index (χ4v) is 1.76. The summed E-state index contributed by atoms with van der Waals surface area (Å²) in [6.07, 6.45) is 0.397. The predicted molar refractivity (Wildman–Crippen MR) is 70.9 cm³/mol. The molecule has 0 atom stereocenters. The molecule has 0 aliphatic carbocycles. The molecule has 0 amide bonds. The van der Waals surface area contributed by atoms with E-state index >= 15 is 0 Å². The van der Waals surface area contributed by atoms with Crippen LogP contribution >= 0.6 is 0 Å². The number of hydrogen-bond acceptors (Lipinski definition) is 2. The summed E-state index contributed by atoms with van der Waals surface area (Å²) in [5.41, 5.74) is 6.05. The summed E-state index contributed by atoms with van der Waals surface area (Å²) in [7, 11) is 0. The van der Waals surface area contributed by atoms with Gasteiger partial charge in [0.15, 0.2) is 5.78 Å². The van der Waals surface area contributed by atoms with Crippen LogP contribution in [0.1, 0.15) is 19.4 Å². The number of fused-ring (bicyclic) bond motifs is 1. The van der Waals surface area contributed by atoms with Crippen LogP contribution in [0.3, 0.4) is 0 Å². The van der Waals surface area contributed by atoms with Crippen LogP contribution in [0.5, 0.6) is 0 Å². The first-order valence-electron chi connectivity index (χ1n) is 5.77. The Morgan fingerprint density at radius 3 is 2.41 bits per heavy atom. The quantitative estimate of drug-likeness (QED) is 0.876. The molecule has 0 aliphatic rings. The number of ketones is 1. The minimum atomic E-state index is -0.758. The summed E-state index contributed by atoms with van der Waals surface area (Å²) >= 11 is 0. The van der Waals surface area contributed by atoms with Crippen LogP contribution < -0.4 is 5.73 Å². The topological polar surface area (TPSA) is 43.1 Å². The smallest absolute Gasteiger partial charge is 0.156 e. The van der Waals surface area contributed by atoms with Gasteiger partial charge in [-0.15, -0.1) is 0 Å². The van der Waals surface area contributed by atoms with E-state index in [9.17, 15) is 4.79 Å². The Bertz CT molecular complexity index is 552. The number of nitrogens with two attached hydrogens (primary N) is 1. The Labute approximate surface area is 101 Å². The second kappa shape index (κ2) is 4.30. The van der Waals surface area contributed by atoms with Crippen LogP contribution in [0, 0.1) is 0 Å². The van der Waals surface area contributed by atoms with Gasteiger partial charge in [0, 0.05) is 6.42 Å². The Hall–Kier alpha value is -1.67. The van der Waals surface area contributed by atoms with E-state index in [-0.39, 0.29) is 5.78 Å². The highest BCUT2D eigenvalue weighted by Crippen LogP contribution is 2.17. The maximum absolute atomic E-state index is 11.8. The molecule has 0 radical (unpaired) electrons. The summed E-state index contributed by atoms with van der Waals surface area (Å²) in [6.45, 7) is 3.49. The van der Waals surface area contributed by atoms with E-state index in [4.69, 9.17) is 5.73 Å². The molecule has 2 rings (SSSR count). The van der Waals surface area contributed by atoms with Crippen LogP contribution in [0.25, 0.3) is 10.8 Å². The zero-order chi connectivity index (χ0) is 12.5. The molecule has 2 aromatic carbocycles. The van der Waals surface area contributed by atoms with Crippen molar-refractivity contribution in [1.29, 1.82) is 0 Å². The van der Waals surface area contributed by atoms with Crippen LogP contribution in [0.15, 0.2) is 42.5 Å². The molecule has 0 heterocycles. The lowest BCUT2D eigenvalue weighted by atomic mass is 9.94.